The summed E-state index contributed by atoms with van der Waals surface area (Å²) >= 11 is 0. The van der Waals surface area contributed by atoms with Gasteiger partial charge in [0, 0.05) is 38.3 Å². The number of piperazine rings is 1. The molecular formula is C14H25N3O3. The summed E-state index contributed by atoms with van der Waals surface area (Å²) in [7, 11) is 2.08. The van der Waals surface area contributed by atoms with Crippen molar-refractivity contribution in [3.63, 3.8) is 0 Å². The van der Waals surface area contributed by atoms with Crippen LogP contribution in [0.1, 0.15) is 26.7 Å². The minimum atomic E-state index is -0.738. The maximum Gasteiger partial charge on any atom is 0.320 e. The smallest absolute Gasteiger partial charge is 0.320 e. The van der Waals surface area contributed by atoms with E-state index >= 15 is 0 Å². The van der Waals surface area contributed by atoms with Gasteiger partial charge in [-0.15, -0.1) is 0 Å². The molecule has 2 heterocycles. The Balaban J connectivity index is 1.91. The van der Waals surface area contributed by atoms with E-state index in [1.807, 2.05) is 4.90 Å². The number of likely N-dealkylation sites (tertiary alicyclic amines) is 1. The first kappa shape index (κ1) is 15.1. The normalized spacial score (nSPS) is 24.8. The zero-order valence-corrected chi connectivity index (χ0v) is 12.6. The van der Waals surface area contributed by atoms with E-state index < -0.39 is 5.97 Å². The first-order chi connectivity index (χ1) is 9.31. The molecule has 0 spiro atoms. The largest absolute Gasteiger partial charge is 0.481 e. The van der Waals surface area contributed by atoms with Crippen molar-refractivity contribution in [1.29, 1.82) is 0 Å². The van der Waals surface area contributed by atoms with Gasteiger partial charge in [-0.3, -0.25) is 9.69 Å². The summed E-state index contributed by atoms with van der Waals surface area (Å²) in [4.78, 5) is 29.4. The van der Waals surface area contributed by atoms with Crippen molar-refractivity contribution in [1.82, 2.24) is 14.7 Å². The van der Waals surface area contributed by atoms with Gasteiger partial charge in [-0.2, -0.15) is 0 Å². The maximum absolute atomic E-state index is 12.5. The Morgan fingerprint density at radius 3 is 2.15 bits per heavy atom. The van der Waals surface area contributed by atoms with Crippen molar-refractivity contribution < 1.29 is 14.7 Å². The van der Waals surface area contributed by atoms with Crippen LogP contribution in [-0.4, -0.2) is 77.1 Å². The van der Waals surface area contributed by atoms with Gasteiger partial charge >= 0.3 is 12.0 Å². The lowest BCUT2D eigenvalue weighted by Crippen LogP contribution is -2.61. The predicted octanol–water partition coefficient (Wildman–Crippen LogP) is 0.929. The molecule has 0 bridgehead atoms. The molecule has 2 amide bonds. The zero-order chi connectivity index (χ0) is 14.9. The molecule has 0 aromatic heterocycles. The van der Waals surface area contributed by atoms with Crippen molar-refractivity contribution in [2.75, 3.05) is 39.8 Å². The maximum atomic E-state index is 12.5. The average molecular weight is 283 g/mol. The van der Waals surface area contributed by atoms with E-state index in [4.69, 9.17) is 5.11 Å². The summed E-state index contributed by atoms with van der Waals surface area (Å²) in [6.45, 7) is 7.75. The third-order valence-corrected chi connectivity index (χ3v) is 4.70. The van der Waals surface area contributed by atoms with Crippen molar-refractivity contribution in [2.45, 2.75) is 32.2 Å². The van der Waals surface area contributed by atoms with Crippen molar-refractivity contribution >= 4 is 12.0 Å². The molecule has 0 aliphatic carbocycles. The van der Waals surface area contributed by atoms with Crippen LogP contribution < -0.4 is 0 Å². The van der Waals surface area contributed by atoms with Gasteiger partial charge in [-0.1, -0.05) is 0 Å². The number of rotatable bonds is 1. The molecule has 6 nitrogen and oxygen atoms in total. The molecule has 114 valence electrons. The van der Waals surface area contributed by atoms with E-state index in [0.29, 0.717) is 25.9 Å². The molecule has 0 radical (unpaired) electrons. The zero-order valence-electron chi connectivity index (χ0n) is 12.6. The van der Waals surface area contributed by atoms with Gasteiger partial charge in [0.25, 0.3) is 0 Å². The highest BCUT2D eigenvalue weighted by atomic mass is 16.4. The summed E-state index contributed by atoms with van der Waals surface area (Å²) in [5.41, 5.74) is -0.00665. The number of piperidine rings is 1. The summed E-state index contributed by atoms with van der Waals surface area (Å²) in [5, 5.41) is 8.99. The number of urea groups is 1. The Morgan fingerprint density at radius 1 is 1.05 bits per heavy atom. The topological polar surface area (TPSA) is 64.1 Å². The van der Waals surface area contributed by atoms with E-state index in [2.05, 4.69) is 25.8 Å². The molecule has 0 atom stereocenters. The van der Waals surface area contributed by atoms with Crippen LogP contribution in [0, 0.1) is 5.92 Å². The Hall–Kier alpha value is -1.30. The highest BCUT2D eigenvalue weighted by Gasteiger charge is 2.36. The van der Waals surface area contributed by atoms with E-state index in [0.717, 1.165) is 19.6 Å². The quantitative estimate of drug-likeness (QED) is 0.777. The highest BCUT2D eigenvalue weighted by Crippen LogP contribution is 2.22. The lowest BCUT2D eigenvalue weighted by molar-refractivity contribution is -0.143. The molecule has 2 saturated heterocycles. The molecule has 2 aliphatic heterocycles. The number of carbonyl (C=O) groups excluding carboxylic acids is 1. The highest BCUT2D eigenvalue weighted by molar-refractivity contribution is 5.76. The number of carbonyl (C=O) groups is 2. The van der Waals surface area contributed by atoms with Gasteiger partial charge in [-0.05, 0) is 33.7 Å². The van der Waals surface area contributed by atoms with Crippen LogP contribution in [0.15, 0.2) is 0 Å². The number of carboxylic acid groups (broad SMARTS) is 1. The molecule has 20 heavy (non-hydrogen) atoms. The lowest BCUT2D eigenvalue weighted by atomic mass is 9.97. The Labute approximate surface area is 120 Å². The van der Waals surface area contributed by atoms with Crippen LogP contribution >= 0.6 is 0 Å². The molecule has 0 aromatic carbocycles. The van der Waals surface area contributed by atoms with Crippen LogP contribution in [0.2, 0.25) is 0 Å². The summed E-state index contributed by atoms with van der Waals surface area (Å²) in [5.74, 6) is -1.03. The number of nitrogens with zero attached hydrogens (tertiary/aromatic N) is 3. The fraction of sp³-hybridized carbons (Fsp3) is 0.857. The van der Waals surface area contributed by atoms with E-state index in [1.54, 1.807) is 4.90 Å². The Morgan fingerprint density at radius 2 is 1.65 bits per heavy atom. The van der Waals surface area contributed by atoms with Crippen LogP contribution in [0.5, 0.6) is 0 Å². The molecule has 2 fully saturated rings. The molecular weight excluding hydrogens is 258 g/mol. The molecule has 0 unspecified atom stereocenters. The van der Waals surface area contributed by atoms with Crippen LogP contribution in [0.25, 0.3) is 0 Å². The second-order valence-corrected chi connectivity index (χ2v) is 6.54. The summed E-state index contributed by atoms with van der Waals surface area (Å²) < 4.78 is 0. The number of hydrogen-bond acceptors (Lipinski definition) is 3. The Bertz CT molecular complexity index is 389. The number of amides is 2. The standard InChI is InChI=1S/C14H25N3O3/c1-14(2)10-17(9-8-15(14)3)13(20)16-6-4-11(5-7-16)12(18)19/h11H,4-10H2,1-3H3,(H,18,19). The average Bonchev–Trinajstić information content (AvgIpc) is 2.41. The van der Waals surface area contributed by atoms with Gasteiger partial charge in [0.1, 0.15) is 0 Å². The van der Waals surface area contributed by atoms with Gasteiger partial charge in [-0.25, -0.2) is 4.79 Å². The summed E-state index contributed by atoms with van der Waals surface area (Å²) in [6.07, 6.45) is 1.14. The first-order valence-electron chi connectivity index (χ1n) is 7.29. The number of hydrogen-bond donors (Lipinski definition) is 1. The fourth-order valence-electron chi connectivity index (χ4n) is 2.92. The minimum Gasteiger partial charge on any atom is -0.481 e. The SMILES string of the molecule is CN1CCN(C(=O)N2CCC(C(=O)O)CC2)CC1(C)C. The number of carboxylic acids is 1. The number of aliphatic carboxylic acids is 1. The minimum absolute atomic E-state index is 0.00665. The van der Waals surface area contributed by atoms with E-state index in [9.17, 15) is 9.59 Å². The van der Waals surface area contributed by atoms with Gasteiger partial charge in [0.05, 0.1) is 5.92 Å². The summed E-state index contributed by atoms with van der Waals surface area (Å²) in [6, 6.07) is 0.0648. The third kappa shape index (κ3) is 3.06. The van der Waals surface area contributed by atoms with E-state index in [-0.39, 0.29) is 17.5 Å². The number of likely N-dealkylation sites (N-methyl/N-ethyl adjacent to an activating group) is 1. The molecule has 0 aromatic rings. The third-order valence-electron chi connectivity index (χ3n) is 4.70. The lowest BCUT2D eigenvalue weighted by Gasteiger charge is -2.46. The molecule has 6 heteroatoms. The first-order valence-corrected chi connectivity index (χ1v) is 7.29. The van der Waals surface area contributed by atoms with Crippen molar-refractivity contribution in [3.8, 4) is 0 Å². The predicted molar refractivity (Wildman–Crippen MR) is 75.6 cm³/mol. The molecule has 2 aliphatic rings. The molecule has 1 N–H and O–H groups in total. The Kier molecular flexibility index (Phi) is 4.22. The second kappa shape index (κ2) is 5.60. The van der Waals surface area contributed by atoms with Crippen LogP contribution in [-0.2, 0) is 4.79 Å². The van der Waals surface area contributed by atoms with Gasteiger partial charge in [0.15, 0.2) is 0 Å². The van der Waals surface area contributed by atoms with Crippen molar-refractivity contribution in [3.05, 3.63) is 0 Å². The fourth-order valence-corrected chi connectivity index (χ4v) is 2.92. The van der Waals surface area contributed by atoms with E-state index in [1.165, 1.54) is 0 Å². The van der Waals surface area contributed by atoms with Gasteiger partial charge in [0.2, 0.25) is 0 Å². The van der Waals surface area contributed by atoms with Crippen LogP contribution in [0.4, 0.5) is 4.79 Å². The molecule has 0 saturated carbocycles. The monoisotopic (exact) mass is 283 g/mol. The van der Waals surface area contributed by atoms with Gasteiger partial charge < -0.3 is 14.9 Å². The molecule has 2 rings (SSSR count). The second-order valence-electron chi connectivity index (χ2n) is 6.54. The van der Waals surface area contributed by atoms with Crippen LogP contribution in [0.3, 0.4) is 0 Å². The van der Waals surface area contributed by atoms with Crippen molar-refractivity contribution in [2.24, 2.45) is 5.92 Å².